The Morgan fingerprint density at radius 2 is 1.86 bits per heavy atom. The van der Waals surface area contributed by atoms with Crippen molar-refractivity contribution in [2.24, 2.45) is 5.92 Å². The van der Waals surface area contributed by atoms with Crippen LogP contribution in [0.1, 0.15) is 38.5 Å². The average molecular weight is 310 g/mol. The molecule has 0 aromatic carbocycles. The number of nitrogens with one attached hydrogen (secondary N) is 1. The number of hydrogen-bond acceptors (Lipinski definition) is 2. The minimum atomic E-state index is -4.32. The number of carboxylic acid groups (broad SMARTS) is 1. The summed E-state index contributed by atoms with van der Waals surface area (Å²) in [6, 6.07) is -1.18. The Hall–Kier alpha value is -1.47. The van der Waals surface area contributed by atoms with Gasteiger partial charge in [0.15, 0.2) is 0 Å². The van der Waals surface area contributed by atoms with Crippen molar-refractivity contribution in [3.63, 3.8) is 0 Å². The van der Waals surface area contributed by atoms with Crippen LogP contribution in [0.2, 0.25) is 0 Å². The molecule has 0 spiro atoms. The van der Waals surface area contributed by atoms with E-state index in [4.69, 9.17) is 0 Å². The molecule has 0 heterocycles. The molecule has 1 fully saturated rings. The van der Waals surface area contributed by atoms with Crippen LogP contribution in [0, 0.1) is 5.92 Å². The molecule has 8 heteroatoms. The number of carbonyl (C=O) groups is 2. The highest BCUT2D eigenvalue weighted by Gasteiger charge is 2.32. The van der Waals surface area contributed by atoms with Gasteiger partial charge < -0.3 is 15.3 Å². The summed E-state index contributed by atoms with van der Waals surface area (Å²) in [7, 11) is 1.27. The zero-order valence-corrected chi connectivity index (χ0v) is 11.9. The monoisotopic (exact) mass is 310 g/mol. The minimum absolute atomic E-state index is 0.445. The first-order valence-corrected chi connectivity index (χ1v) is 7.02. The van der Waals surface area contributed by atoms with E-state index in [0.29, 0.717) is 12.8 Å². The molecule has 2 unspecified atom stereocenters. The van der Waals surface area contributed by atoms with Gasteiger partial charge in [-0.15, -0.1) is 0 Å². The normalized spacial score (nSPS) is 23.2. The van der Waals surface area contributed by atoms with Crippen LogP contribution in [0.15, 0.2) is 0 Å². The number of halogens is 3. The number of carboxylic acids is 1. The third-order valence-electron chi connectivity index (χ3n) is 3.72. The van der Waals surface area contributed by atoms with Crippen LogP contribution in [0.25, 0.3) is 0 Å². The predicted molar refractivity (Wildman–Crippen MR) is 69.8 cm³/mol. The number of amides is 2. The van der Waals surface area contributed by atoms with Crippen molar-refractivity contribution in [1.29, 1.82) is 0 Å². The van der Waals surface area contributed by atoms with Crippen molar-refractivity contribution in [1.82, 2.24) is 10.2 Å². The van der Waals surface area contributed by atoms with Crippen molar-refractivity contribution in [3.05, 3.63) is 0 Å². The maximum atomic E-state index is 12.1. The Kier molecular flexibility index (Phi) is 6.29. The highest BCUT2D eigenvalue weighted by Crippen LogP contribution is 2.24. The first-order valence-electron chi connectivity index (χ1n) is 7.02. The summed E-state index contributed by atoms with van der Waals surface area (Å²) < 4.78 is 36.4. The SMILES string of the molecule is CN(CCC(F)(F)F)C(=O)NC1CCCCCC1C(=O)O. The lowest BCUT2D eigenvalue weighted by Crippen LogP contribution is -2.48. The largest absolute Gasteiger partial charge is 0.481 e. The number of alkyl halides is 3. The lowest BCUT2D eigenvalue weighted by molar-refractivity contribution is -0.142. The Balaban J connectivity index is 2.55. The quantitative estimate of drug-likeness (QED) is 0.784. The molecule has 0 aromatic rings. The van der Waals surface area contributed by atoms with Crippen molar-refractivity contribution >= 4 is 12.0 Å². The topological polar surface area (TPSA) is 69.6 Å². The van der Waals surface area contributed by atoms with Gasteiger partial charge in [0.2, 0.25) is 0 Å². The molecule has 1 aliphatic rings. The van der Waals surface area contributed by atoms with Crippen molar-refractivity contribution in [3.8, 4) is 0 Å². The van der Waals surface area contributed by atoms with E-state index in [-0.39, 0.29) is 0 Å². The lowest BCUT2D eigenvalue weighted by Gasteiger charge is -2.26. The summed E-state index contributed by atoms with van der Waals surface area (Å²) in [6.45, 7) is -0.445. The minimum Gasteiger partial charge on any atom is -0.481 e. The van der Waals surface area contributed by atoms with Gasteiger partial charge in [-0.2, -0.15) is 13.2 Å². The number of rotatable bonds is 4. The summed E-state index contributed by atoms with van der Waals surface area (Å²) >= 11 is 0. The molecule has 2 N–H and O–H groups in total. The molecule has 0 aliphatic heterocycles. The maximum absolute atomic E-state index is 12.1. The average Bonchev–Trinajstić information content (AvgIpc) is 2.60. The van der Waals surface area contributed by atoms with E-state index in [1.54, 1.807) is 0 Å². The molecule has 1 rings (SSSR count). The summed E-state index contributed by atoms with van der Waals surface area (Å²) in [5, 5.41) is 11.7. The molecule has 1 aliphatic carbocycles. The summed E-state index contributed by atoms with van der Waals surface area (Å²) in [5.74, 6) is -1.65. The fraction of sp³-hybridized carbons (Fsp3) is 0.846. The van der Waals surface area contributed by atoms with Gasteiger partial charge >= 0.3 is 18.2 Å². The van der Waals surface area contributed by atoms with E-state index in [9.17, 15) is 27.9 Å². The van der Waals surface area contributed by atoms with Crippen LogP contribution in [-0.2, 0) is 4.79 Å². The second-order valence-corrected chi connectivity index (χ2v) is 5.43. The fourth-order valence-electron chi connectivity index (χ4n) is 2.44. The van der Waals surface area contributed by atoms with E-state index >= 15 is 0 Å². The Morgan fingerprint density at radius 1 is 1.24 bits per heavy atom. The number of aliphatic carboxylic acids is 1. The fourth-order valence-corrected chi connectivity index (χ4v) is 2.44. The van der Waals surface area contributed by atoms with Gasteiger partial charge in [-0.1, -0.05) is 19.3 Å². The Bertz CT molecular complexity index is 374. The molecular weight excluding hydrogens is 289 g/mol. The maximum Gasteiger partial charge on any atom is 0.390 e. The van der Waals surface area contributed by atoms with Crippen LogP contribution >= 0.6 is 0 Å². The van der Waals surface area contributed by atoms with Gasteiger partial charge in [0, 0.05) is 19.6 Å². The molecule has 122 valence electrons. The van der Waals surface area contributed by atoms with Gasteiger partial charge in [0.1, 0.15) is 0 Å². The third-order valence-corrected chi connectivity index (χ3v) is 3.72. The highest BCUT2D eigenvalue weighted by molar-refractivity contribution is 5.76. The zero-order valence-electron chi connectivity index (χ0n) is 11.9. The molecule has 0 bridgehead atoms. The number of urea groups is 1. The summed E-state index contributed by atoms with van der Waals surface area (Å²) in [4.78, 5) is 24.0. The molecule has 0 aromatic heterocycles. The number of nitrogens with zero attached hydrogens (tertiary/aromatic N) is 1. The van der Waals surface area contributed by atoms with Crippen molar-refractivity contribution in [2.75, 3.05) is 13.6 Å². The third kappa shape index (κ3) is 6.22. The number of carbonyl (C=O) groups excluding carboxylic acids is 1. The van der Waals surface area contributed by atoms with Crippen LogP contribution in [0.4, 0.5) is 18.0 Å². The Morgan fingerprint density at radius 3 is 2.43 bits per heavy atom. The van der Waals surface area contributed by atoms with Gasteiger partial charge in [0.25, 0.3) is 0 Å². The molecule has 1 saturated carbocycles. The second-order valence-electron chi connectivity index (χ2n) is 5.43. The Labute approximate surface area is 121 Å². The summed E-state index contributed by atoms with van der Waals surface area (Å²) in [6.07, 6.45) is -1.89. The van der Waals surface area contributed by atoms with E-state index in [1.807, 2.05) is 0 Å². The molecule has 0 saturated heterocycles. The smallest absolute Gasteiger partial charge is 0.390 e. The van der Waals surface area contributed by atoms with E-state index < -0.39 is 43.1 Å². The van der Waals surface area contributed by atoms with Crippen molar-refractivity contribution < 1.29 is 27.9 Å². The predicted octanol–water partition coefficient (Wildman–Crippen LogP) is 2.61. The van der Waals surface area contributed by atoms with Gasteiger partial charge in [-0.05, 0) is 12.8 Å². The number of hydrogen-bond donors (Lipinski definition) is 2. The first-order chi connectivity index (χ1) is 9.70. The van der Waals surface area contributed by atoms with Gasteiger partial charge in [-0.3, -0.25) is 4.79 Å². The standard InChI is InChI=1S/C13H21F3N2O3/c1-18(8-7-13(14,15)16)12(21)17-10-6-4-2-3-5-9(10)11(19)20/h9-10H,2-8H2,1H3,(H,17,21)(H,19,20). The molecule has 2 atom stereocenters. The van der Waals surface area contributed by atoms with Crippen molar-refractivity contribution in [2.45, 2.75) is 50.7 Å². The molecule has 21 heavy (non-hydrogen) atoms. The zero-order chi connectivity index (χ0) is 16.0. The van der Waals surface area contributed by atoms with E-state index in [0.717, 1.165) is 24.2 Å². The first kappa shape index (κ1) is 17.6. The summed E-state index contributed by atoms with van der Waals surface area (Å²) in [5.41, 5.74) is 0. The van der Waals surface area contributed by atoms with Gasteiger partial charge in [-0.25, -0.2) is 4.79 Å². The lowest BCUT2D eigenvalue weighted by atomic mass is 9.95. The van der Waals surface area contributed by atoms with Crippen LogP contribution in [0.3, 0.4) is 0 Å². The van der Waals surface area contributed by atoms with Gasteiger partial charge in [0.05, 0.1) is 12.3 Å². The van der Waals surface area contributed by atoms with Crippen LogP contribution < -0.4 is 5.32 Å². The molecule has 0 radical (unpaired) electrons. The molecule has 2 amide bonds. The van der Waals surface area contributed by atoms with E-state index in [2.05, 4.69) is 5.32 Å². The molecule has 5 nitrogen and oxygen atoms in total. The van der Waals surface area contributed by atoms with Crippen LogP contribution in [0.5, 0.6) is 0 Å². The second kappa shape index (κ2) is 7.51. The highest BCUT2D eigenvalue weighted by atomic mass is 19.4. The van der Waals surface area contributed by atoms with E-state index in [1.165, 1.54) is 7.05 Å². The van der Waals surface area contributed by atoms with Crippen LogP contribution in [-0.4, -0.2) is 47.8 Å². The molecular formula is C13H21F3N2O3.